The molecule has 3 nitrogen and oxygen atoms in total. The maximum absolute atomic E-state index is 5.96. The zero-order valence-electron chi connectivity index (χ0n) is 10.3. The Morgan fingerprint density at radius 3 is 2.33 bits per heavy atom. The number of para-hydroxylation sites is 1. The van der Waals surface area contributed by atoms with Crippen molar-refractivity contribution in [3.63, 3.8) is 0 Å². The molecule has 0 aliphatic heterocycles. The molecule has 1 atom stereocenters. The first-order chi connectivity index (χ1) is 8.81. The molecular weight excluding hydrogens is 224 g/mol. The van der Waals surface area contributed by atoms with E-state index in [9.17, 15) is 0 Å². The summed E-state index contributed by atoms with van der Waals surface area (Å²) in [7, 11) is 0. The van der Waals surface area contributed by atoms with Gasteiger partial charge in [-0.25, -0.2) is 0 Å². The zero-order valence-corrected chi connectivity index (χ0v) is 10.3. The summed E-state index contributed by atoms with van der Waals surface area (Å²) in [5.74, 6) is 0.805. The first kappa shape index (κ1) is 12.6. The summed E-state index contributed by atoms with van der Waals surface area (Å²) in [6.07, 6.45) is 0. The van der Waals surface area contributed by atoms with Crippen molar-refractivity contribution >= 4 is 0 Å². The fourth-order valence-corrected chi connectivity index (χ4v) is 1.78. The van der Waals surface area contributed by atoms with Crippen molar-refractivity contribution in [1.82, 2.24) is 0 Å². The molecule has 0 aromatic heterocycles. The van der Waals surface area contributed by atoms with Crippen molar-refractivity contribution in [2.75, 3.05) is 6.54 Å². The van der Waals surface area contributed by atoms with E-state index in [1.807, 2.05) is 54.6 Å². The highest BCUT2D eigenvalue weighted by Gasteiger charge is 2.09. The lowest BCUT2D eigenvalue weighted by molar-refractivity contribution is 0.301. The fourth-order valence-electron chi connectivity index (χ4n) is 1.78. The molecule has 0 saturated carbocycles. The summed E-state index contributed by atoms with van der Waals surface area (Å²) in [4.78, 5) is 0. The van der Waals surface area contributed by atoms with Gasteiger partial charge in [-0.1, -0.05) is 48.5 Å². The third-order valence-corrected chi connectivity index (χ3v) is 2.81. The Labute approximate surface area is 107 Å². The molecule has 18 heavy (non-hydrogen) atoms. The van der Waals surface area contributed by atoms with Gasteiger partial charge in [0.25, 0.3) is 0 Å². The van der Waals surface area contributed by atoms with Gasteiger partial charge in [-0.2, -0.15) is 0 Å². The summed E-state index contributed by atoms with van der Waals surface area (Å²) in [5.41, 5.74) is 13.6. The molecule has 94 valence electrons. The van der Waals surface area contributed by atoms with Gasteiger partial charge in [0.15, 0.2) is 0 Å². The van der Waals surface area contributed by atoms with E-state index in [1.54, 1.807) is 0 Å². The van der Waals surface area contributed by atoms with Crippen LogP contribution in [-0.2, 0) is 6.61 Å². The second kappa shape index (κ2) is 6.19. The number of benzene rings is 2. The lowest BCUT2D eigenvalue weighted by atomic mass is 10.1. The van der Waals surface area contributed by atoms with Crippen LogP contribution in [0.3, 0.4) is 0 Å². The fraction of sp³-hybridized carbons (Fsp3) is 0.200. The van der Waals surface area contributed by atoms with Gasteiger partial charge in [0.05, 0.1) is 0 Å². The van der Waals surface area contributed by atoms with Gasteiger partial charge in [0.2, 0.25) is 0 Å². The van der Waals surface area contributed by atoms with Crippen LogP contribution >= 0.6 is 0 Å². The summed E-state index contributed by atoms with van der Waals surface area (Å²) in [6.45, 7) is 0.945. The van der Waals surface area contributed by atoms with E-state index in [-0.39, 0.29) is 6.04 Å². The minimum absolute atomic E-state index is 0.183. The van der Waals surface area contributed by atoms with Gasteiger partial charge in [-0.3, -0.25) is 0 Å². The van der Waals surface area contributed by atoms with E-state index in [4.69, 9.17) is 16.2 Å². The molecule has 2 aromatic carbocycles. The molecule has 0 spiro atoms. The van der Waals surface area contributed by atoms with Gasteiger partial charge in [-0.15, -0.1) is 0 Å². The largest absolute Gasteiger partial charge is 0.489 e. The van der Waals surface area contributed by atoms with Crippen molar-refractivity contribution in [2.24, 2.45) is 11.5 Å². The van der Waals surface area contributed by atoms with Crippen LogP contribution in [0.15, 0.2) is 54.6 Å². The van der Waals surface area contributed by atoms with E-state index < -0.39 is 0 Å². The van der Waals surface area contributed by atoms with Crippen molar-refractivity contribution in [1.29, 1.82) is 0 Å². The van der Waals surface area contributed by atoms with Crippen molar-refractivity contribution < 1.29 is 4.74 Å². The second-order valence-electron chi connectivity index (χ2n) is 4.15. The lowest BCUT2D eigenvalue weighted by Gasteiger charge is -2.15. The van der Waals surface area contributed by atoms with Crippen LogP contribution in [0.1, 0.15) is 17.2 Å². The smallest absolute Gasteiger partial charge is 0.124 e. The first-order valence-corrected chi connectivity index (χ1v) is 6.02. The van der Waals surface area contributed by atoms with Crippen LogP contribution in [0.4, 0.5) is 0 Å². The Kier molecular flexibility index (Phi) is 4.34. The van der Waals surface area contributed by atoms with Gasteiger partial charge in [0, 0.05) is 18.2 Å². The molecule has 4 N–H and O–H groups in total. The van der Waals surface area contributed by atoms with Crippen LogP contribution in [-0.4, -0.2) is 6.54 Å². The molecule has 0 aliphatic carbocycles. The van der Waals surface area contributed by atoms with Crippen LogP contribution < -0.4 is 16.2 Å². The van der Waals surface area contributed by atoms with E-state index in [0.29, 0.717) is 13.2 Å². The molecule has 0 heterocycles. The Bertz CT molecular complexity index is 485. The molecule has 0 radical (unpaired) electrons. The minimum Gasteiger partial charge on any atom is -0.489 e. The van der Waals surface area contributed by atoms with E-state index >= 15 is 0 Å². The standard InChI is InChI=1S/C15H18N2O/c16-10-14(17)13-8-4-5-9-15(13)18-11-12-6-2-1-3-7-12/h1-9,14H,10-11,16-17H2/t14-/m1/s1. The third kappa shape index (κ3) is 3.09. The normalized spacial score (nSPS) is 12.1. The van der Waals surface area contributed by atoms with Gasteiger partial charge in [0.1, 0.15) is 12.4 Å². The molecule has 2 rings (SSSR count). The Hall–Kier alpha value is -1.84. The van der Waals surface area contributed by atoms with E-state index in [1.165, 1.54) is 0 Å². The third-order valence-electron chi connectivity index (χ3n) is 2.81. The molecule has 0 unspecified atom stereocenters. The number of hydrogen-bond acceptors (Lipinski definition) is 3. The number of nitrogens with two attached hydrogens (primary N) is 2. The highest BCUT2D eigenvalue weighted by Crippen LogP contribution is 2.23. The van der Waals surface area contributed by atoms with Crippen LogP contribution in [0, 0.1) is 0 Å². The average molecular weight is 242 g/mol. The molecule has 0 fully saturated rings. The monoisotopic (exact) mass is 242 g/mol. The van der Waals surface area contributed by atoms with Gasteiger partial charge < -0.3 is 16.2 Å². The highest BCUT2D eigenvalue weighted by atomic mass is 16.5. The highest BCUT2D eigenvalue weighted by molar-refractivity contribution is 5.36. The van der Waals surface area contributed by atoms with E-state index in [0.717, 1.165) is 16.9 Å². The first-order valence-electron chi connectivity index (χ1n) is 6.02. The maximum atomic E-state index is 5.96. The summed E-state index contributed by atoms with van der Waals surface area (Å²) >= 11 is 0. The minimum atomic E-state index is -0.183. The predicted molar refractivity (Wildman–Crippen MR) is 73.2 cm³/mol. The Morgan fingerprint density at radius 2 is 1.61 bits per heavy atom. The molecule has 3 heteroatoms. The summed E-state index contributed by atoms with van der Waals surface area (Å²) in [6, 6.07) is 17.6. The number of ether oxygens (including phenoxy) is 1. The molecule has 0 saturated heterocycles. The van der Waals surface area contributed by atoms with Crippen LogP contribution in [0.2, 0.25) is 0 Å². The van der Waals surface area contributed by atoms with E-state index in [2.05, 4.69) is 0 Å². The number of rotatable bonds is 5. The number of hydrogen-bond donors (Lipinski definition) is 2. The predicted octanol–water partition coefficient (Wildman–Crippen LogP) is 2.22. The molecule has 0 aliphatic rings. The summed E-state index contributed by atoms with van der Waals surface area (Å²) < 4.78 is 5.81. The molecule has 0 bridgehead atoms. The van der Waals surface area contributed by atoms with Crippen molar-refractivity contribution in [3.05, 3.63) is 65.7 Å². The van der Waals surface area contributed by atoms with Crippen LogP contribution in [0.25, 0.3) is 0 Å². The topological polar surface area (TPSA) is 61.3 Å². The zero-order chi connectivity index (χ0) is 12.8. The quantitative estimate of drug-likeness (QED) is 0.845. The van der Waals surface area contributed by atoms with Gasteiger partial charge >= 0.3 is 0 Å². The lowest BCUT2D eigenvalue weighted by Crippen LogP contribution is -2.21. The van der Waals surface area contributed by atoms with Crippen molar-refractivity contribution in [2.45, 2.75) is 12.6 Å². The summed E-state index contributed by atoms with van der Waals surface area (Å²) in [5, 5.41) is 0. The molecular formula is C15H18N2O. The SMILES string of the molecule is NC[C@@H](N)c1ccccc1OCc1ccccc1. The van der Waals surface area contributed by atoms with Gasteiger partial charge in [-0.05, 0) is 11.6 Å². The molecule has 0 amide bonds. The second-order valence-corrected chi connectivity index (χ2v) is 4.15. The average Bonchev–Trinajstić information content (AvgIpc) is 2.45. The molecule has 2 aromatic rings. The van der Waals surface area contributed by atoms with Crippen LogP contribution in [0.5, 0.6) is 5.75 Å². The maximum Gasteiger partial charge on any atom is 0.124 e. The van der Waals surface area contributed by atoms with Crippen molar-refractivity contribution in [3.8, 4) is 5.75 Å². The Morgan fingerprint density at radius 1 is 0.944 bits per heavy atom. The Balaban J connectivity index is 2.10.